The lowest BCUT2D eigenvalue weighted by atomic mass is 10.1. The summed E-state index contributed by atoms with van der Waals surface area (Å²) < 4.78 is 1.97. The number of carbonyl (C=O) groups is 1. The van der Waals surface area contributed by atoms with Crippen molar-refractivity contribution in [3.05, 3.63) is 88.5 Å². The number of nitro groups is 1. The molecule has 0 fully saturated rings. The molecule has 1 aromatic heterocycles. The summed E-state index contributed by atoms with van der Waals surface area (Å²) in [5.41, 5.74) is 2.38. The van der Waals surface area contributed by atoms with Crippen LogP contribution in [0, 0.1) is 10.1 Å². The van der Waals surface area contributed by atoms with Crippen LogP contribution in [-0.2, 0) is 13.1 Å². The van der Waals surface area contributed by atoms with Crippen molar-refractivity contribution < 1.29 is 9.72 Å². The number of anilines is 1. The molecular formula is C18H17N5O3. The first kappa shape index (κ1) is 17.2. The van der Waals surface area contributed by atoms with Gasteiger partial charge in [0.05, 0.1) is 11.3 Å². The Morgan fingerprint density at radius 2 is 1.92 bits per heavy atom. The van der Waals surface area contributed by atoms with E-state index in [0.717, 1.165) is 17.7 Å². The van der Waals surface area contributed by atoms with Crippen LogP contribution in [0.4, 0.5) is 16.2 Å². The Balaban J connectivity index is 1.51. The zero-order valence-corrected chi connectivity index (χ0v) is 13.8. The van der Waals surface area contributed by atoms with Gasteiger partial charge in [-0.2, -0.15) is 0 Å². The van der Waals surface area contributed by atoms with Crippen LogP contribution in [0.1, 0.15) is 11.1 Å². The minimum Gasteiger partial charge on any atom is -0.334 e. The summed E-state index contributed by atoms with van der Waals surface area (Å²) in [5.74, 6) is 0. The van der Waals surface area contributed by atoms with E-state index in [-0.39, 0.29) is 5.69 Å². The van der Waals surface area contributed by atoms with Gasteiger partial charge in [-0.25, -0.2) is 9.78 Å². The summed E-state index contributed by atoms with van der Waals surface area (Å²) in [6, 6.07) is 13.3. The molecule has 0 saturated carbocycles. The van der Waals surface area contributed by atoms with Crippen LogP contribution in [0.25, 0.3) is 0 Å². The lowest BCUT2D eigenvalue weighted by Crippen LogP contribution is -2.28. The summed E-state index contributed by atoms with van der Waals surface area (Å²) >= 11 is 0. The average molecular weight is 351 g/mol. The minimum atomic E-state index is -0.506. The van der Waals surface area contributed by atoms with E-state index in [1.165, 1.54) is 18.2 Å². The third kappa shape index (κ3) is 4.67. The normalized spacial score (nSPS) is 10.3. The number of aromatic nitrogens is 2. The van der Waals surface area contributed by atoms with Crippen LogP contribution < -0.4 is 10.6 Å². The predicted molar refractivity (Wildman–Crippen MR) is 96.7 cm³/mol. The number of nitrogens with one attached hydrogen (secondary N) is 2. The molecule has 8 heteroatoms. The van der Waals surface area contributed by atoms with E-state index in [1.54, 1.807) is 18.6 Å². The second kappa shape index (κ2) is 7.93. The fourth-order valence-corrected chi connectivity index (χ4v) is 2.41. The van der Waals surface area contributed by atoms with Gasteiger partial charge in [-0.1, -0.05) is 30.3 Å². The molecule has 0 aliphatic carbocycles. The summed E-state index contributed by atoms with van der Waals surface area (Å²) in [7, 11) is 0. The molecule has 0 unspecified atom stereocenters. The van der Waals surface area contributed by atoms with Gasteiger partial charge in [0.15, 0.2) is 0 Å². The number of imidazole rings is 1. The SMILES string of the molecule is O=C(NCc1ccc(Cn2ccnc2)cc1)Nc1cccc([N+](=O)[O-])c1. The third-order valence-corrected chi connectivity index (χ3v) is 3.72. The highest BCUT2D eigenvalue weighted by atomic mass is 16.6. The van der Waals surface area contributed by atoms with Gasteiger partial charge in [0.2, 0.25) is 0 Å². The molecule has 0 aliphatic rings. The Labute approximate surface area is 149 Å². The smallest absolute Gasteiger partial charge is 0.319 e. The number of rotatable bonds is 6. The Morgan fingerprint density at radius 1 is 1.15 bits per heavy atom. The Bertz CT molecular complexity index is 891. The molecule has 3 aromatic rings. The average Bonchev–Trinajstić information content (AvgIpc) is 3.14. The van der Waals surface area contributed by atoms with Crippen LogP contribution >= 0.6 is 0 Å². The quantitative estimate of drug-likeness (QED) is 0.526. The number of amides is 2. The second-order valence-electron chi connectivity index (χ2n) is 5.67. The van der Waals surface area contributed by atoms with E-state index in [0.29, 0.717) is 12.2 Å². The molecule has 1 heterocycles. The van der Waals surface area contributed by atoms with E-state index >= 15 is 0 Å². The van der Waals surface area contributed by atoms with Crippen molar-refractivity contribution in [2.45, 2.75) is 13.1 Å². The molecule has 8 nitrogen and oxygen atoms in total. The molecule has 2 N–H and O–H groups in total. The van der Waals surface area contributed by atoms with Crippen molar-refractivity contribution in [1.29, 1.82) is 0 Å². The largest absolute Gasteiger partial charge is 0.334 e. The Morgan fingerprint density at radius 3 is 2.62 bits per heavy atom. The highest BCUT2D eigenvalue weighted by Crippen LogP contribution is 2.16. The Hall–Kier alpha value is -3.68. The van der Waals surface area contributed by atoms with Crippen molar-refractivity contribution in [2.75, 3.05) is 5.32 Å². The summed E-state index contributed by atoms with van der Waals surface area (Å²) in [6.45, 7) is 1.09. The molecule has 0 atom stereocenters. The lowest BCUT2D eigenvalue weighted by Gasteiger charge is -2.08. The monoisotopic (exact) mass is 351 g/mol. The van der Waals surface area contributed by atoms with Gasteiger partial charge < -0.3 is 15.2 Å². The summed E-state index contributed by atoms with van der Waals surface area (Å²) in [6.07, 6.45) is 5.39. The zero-order valence-electron chi connectivity index (χ0n) is 13.8. The van der Waals surface area contributed by atoms with Gasteiger partial charge in [-0.15, -0.1) is 0 Å². The number of carbonyl (C=O) groups excluding carboxylic acids is 1. The first-order chi connectivity index (χ1) is 12.6. The van der Waals surface area contributed by atoms with Crippen molar-refractivity contribution in [2.24, 2.45) is 0 Å². The van der Waals surface area contributed by atoms with Crippen molar-refractivity contribution in [3.63, 3.8) is 0 Å². The van der Waals surface area contributed by atoms with Crippen LogP contribution in [0.15, 0.2) is 67.3 Å². The third-order valence-electron chi connectivity index (χ3n) is 3.72. The molecule has 2 amide bonds. The van der Waals surface area contributed by atoms with Crippen LogP contribution in [-0.4, -0.2) is 20.5 Å². The topological polar surface area (TPSA) is 102 Å². The second-order valence-corrected chi connectivity index (χ2v) is 5.67. The molecular weight excluding hydrogens is 334 g/mol. The number of nitrogens with zero attached hydrogens (tertiary/aromatic N) is 3. The van der Waals surface area contributed by atoms with E-state index in [9.17, 15) is 14.9 Å². The molecule has 0 spiro atoms. The first-order valence-corrected chi connectivity index (χ1v) is 7.93. The van der Waals surface area contributed by atoms with Crippen LogP contribution in [0.2, 0.25) is 0 Å². The van der Waals surface area contributed by atoms with Crippen LogP contribution in [0.5, 0.6) is 0 Å². The van der Waals surface area contributed by atoms with E-state index in [4.69, 9.17) is 0 Å². The van der Waals surface area contributed by atoms with Crippen molar-refractivity contribution in [1.82, 2.24) is 14.9 Å². The van der Waals surface area contributed by atoms with Gasteiger partial charge >= 0.3 is 6.03 Å². The summed E-state index contributed by atoms with van der Waals surface area (Å²) in [4.78, 5) is 26.2. The van der Waals surface area contributed by atoms with Gasteiger partial charge in [0.25, 0.3) is 5.69 Å². The lowest BCUT2D eigenvalue weighted by molar-refractivity contribution is -0.384. The molecule has 3 rings (SSSR count). The van der Waals surface area contributed by atoms with Gasteiger partial charge in [0, 0.05) is 43.3 Å². The highest BCUT2D eigenvalue weighted by Gasteiger charge is 2.08. The maximum Gasteiger partial charge on any atom is 0.319 e. The van der Waals surface area contributed by atoms with Crippen LogP contribution in [0.3, 0.4) is 0 Å². The number of hydrogen-bond acceptors (Lipinski definition) is 4. The number of hydrogen-bond donors (Lipinski definition) is 2. The molecule has 26 heavy (non-hydrogen) atoms. The first-order valence-electron chi connectivity index (χ1n) is 7.93. The molecule has 0 radical (unpaired) electrons. The number of benzene rings is 2. The maximum absolute atomic E-state index is 11.9. The molecule has 132 valence electrons. The van der Waals surface area contributed by atoms with Gasteiger partial charge in [-0.3, -0.25) is 10.1 Å². The number of urea groups is 1. The fraction of sp³-hybridized carbons (Fsp3) is 0.111. The Kier molecular flexibility index (Phi) is 5.23. The minimum absolute atomic E-state index is 0.0729. The molecule has 0 aliphatic heterocycles. The number of non-ortho nitro benzene ring substituents is 1. The number of nitro benzene ring substituents is 1. The zero-order chi connectivity index (χ0) is 18.4. The van der Waals surface area contributed by atoms with Gasteiger partial charge in [-0.05, 0) is 17.2 Å². The maximum atomic E-state index is 11.9. The van der Waals surface area contributed by atoms with Crippen molar-refractivity contribution in [3.8, 4) is 0 Å². The standard InChI is InChI=1S/C18H17N5O3/c24-18(21-16-2-1-3-17(10-16)23(25)26)20-11-14-4-6-15(7-5-14)12-22-9-8-19-13-22/h1-10,13H,11-12H2,(H2,20,21,24). The highest BCUT2D eigenvalue weighted by molar-refractivity contribution is 5.89. The van der Waals surface area contributed by atoms with E-state index < -0.39 is 11.0 Å². The van der Waals surface area contributed by atoms with Gasteiger partial charge in [0.1, 0.15) is 0 Å². The molecule has 0 bridgehead atoms. The predicted octanol–water partition coefficient (Wildman–Crippen LogP) is 3.16. The fourth-order valence-electron chi connectivity index (χ4n) is 2.41. The van der Waals surface area contributed by atoms with Crippen molar-refractivity contribution >= 4 is 17.4 Å². The molecule has 0 saturated heterocycles. The van der Waals surface area contributed by atoms with E-state index in [2.05, 4.69) is 15.6 Å². The van der Waals surface area contributed by atoms with E-state index in [1.807, 2.05) is 35.0 Å². The molecule has 2 aromatic carbocycles. The summed E-state index contributed by atoms with van der Waals surface area (Å²) in [5, 5.41) is 16.1.